The summed E-state index contributed by atoms with van der Waals surface area (Å²) in [6.45, 7) is 1.75. The number of thiazole rings is 1. The van der Waals surface area contributed by atoms with Crippen molar-refractivity contribution >= 4 is 40.5 Å². The summed E-state index contributed by atoms with van der Waals surface area (Å²) in [5.41, 5.74) is 0.422. The number of halogens is 2. The summed E-state index contributed by atoms with van der Waals surface area (Å²) >= 11 is 12.8. The third-order valence-corrected chi connectivity index (χ3v) is 3.91. The third kappa shape index (κ3) is 3.37. The van der Waals surface area contributed by atoms with Gasteiger partial charge in [-0.3, -0.25) is 0 Å². The zero-order valence-corrected chi connectivity index (χ0v) is 12.1. The Balaban J connectivity index is 2.10. The Morgan fingerprint density at radius 2 is 2.21 bits per heavy atom. The predicted molar refractivity (Wildman–Crippen MR) is 72.0 cm³/mol. The van der Waals surface area contributed by atoms with Gasteiger partial charge < -0.3 is 14.6 Å². The number of nitrogens with zero attached hydrogens (tertiary/aromatic N) is 1. The second-order valence-electron chi connectivity index (χ2n) is 3.67. The first kappa shape index (κ1) is 14.1. The quantitative estimate of drug-likeness (QED) is 0.870. The van der Waals surface area contributed by atoms with Crippen LogP contribution in [0.4, 0.5) is 0 Å². The van der Waals surface area contributed by atoms with E-state index in [0.29, 0.717) is 26.5 Å². The molecular weight excluding hydrogens is 309 g/mol. The molecule has 0 aliphatic carbocycles. The van der Waals surface area contributed by atoms with Crippen molar-refractivity contribution in [2.75, 3.05) is 0 Å². The number of aromatic carboxylic acids is 1. The smallest absolute Gasteiger partial charge is 0.140 e. The molecule has 100 valence electrons. The second-order valence-corrected chi connectivity index (χ2v) is 5.60. The van der Waals surface area contributed by atoms with Crippen LogP contribution in [0.2, 0.25) is 10.0 Å². The second kappa shape index (κ2) is 5.77. The fourth-order valence-corrected chi connectivity index (χ4v) is 2.71. The molecule has 19 heavy (non-hydrogen) atoms. The Morgan fingerprint density at radius 3 is 2.79 bits per heavy atom. The minimum atomic E-state index is -1.23. The molecule has 0 spiro atoms. The zero-order chi connectivity index (χ0) is 14.0. The zero-order valence-electron chi connectivity index (χ0n) is 9.78. The highest BCUT2D eigenvalue weighted by molar-refractivity contribution is 7.13. The predicted octanol–water partition coefficient (Wildman–Crippen LogP) is 2.70. The molecule has 0 bridgehead atoms. The molecule has 0 amide bonds. The molecule has 1 heterocycles. The van der Waals surface area contributed by atoms with E-state index in [0.717, 1.165) is 11.3 Å². The van der Waals surface area contributed by atoms with Gasteiger partial charge in [0, 0.05) is 5.02 Å². The highest BCUT2D eigenvalue weighted by Gasteiger charge is 2.10. The molecule has 7 heteroatoms. The number of benzene rings is 1. The minimum Gasteiger partial charge on any atom is -0.544 e. The van der Waals surface area contributed by atoms with E-state index < -0.39 is 5.97 Å². The van der Waals surface area contributed by atoms with Crippen LogP contribution in [-0.4, -0.2) is 11.0 Å². The van der Waals surface area contributed by atoms with E-state index >= 15 is 0 Å². The number of carbonyl (C=O) groups excluding carboxylic acids is 1. The van der Waals surface area contributed by atoms with Gasteiger partial charge in [0.1, 0.15) is 17.4 Å². The summed E-state index contributed by atoms with van der Waals surface area (Å²) in [6.07, 6.45) is 0. The van der Waals surface area contributed by atoms with E-state index in [2.05, 4.69) is 4.98 Å². The largest absolute Gasteiger partial charge is 0.544 e. The number of carbonyl (C=O) groups is 1. The fourth-order valence-electron chi connectivity index (χ4n) is 1.44. The van der Waals surface area contributed by atoms with Gasteiger partial charge >= 0.3 is 0 Å². The van der Waals surface area contributed by atoms with Crippen molar-refractivity contribution in [2.24, 2.45) is 0 Å². The number of rotatable bonds is 4. The molecule has 1 aromatic carbocycles. The lowest BCUT2D eigenvalue weighted by Crippen LogP contribution is -2.21. The highest BCUT2D eigenvalue weighted by atomic mass is 35.5. The number of carboxylic acid groups (broad SMARTS) is 1. The van der Waals surface area contributed by atoms with Crippen LogP contribution < -0.4 is 9.84 Å². The SMILES string of the molecule is Cc1nc(COc2ccc(Cl)cc2Cl)sc1C(=O)[O-]. The third-order valence-electron chi connectivity index (χ3n) is 2.27. The van der Waals surface area contributed by atoms with Crippen LogP contribution in [0, 0.1) is 6.92 Å². The summed E-state index contributed by atoms with van der Waals surface area (Å²) in [4.78, 5) is 15.0. The van der Waals surface area contributed by atoms with E-state index in [9.17, 15) is 9.90 Å². The average Bonchev–Trinajstić information content (AvgIpc) is 2.69. The molecule has 0 fully saturated rings. The van der Waals surface area contributed by atoms with Crippen molar-refractivity contribution in [1.29, 1.82) is 0 Å². The Kier molecular flexibility index (Phi) is 4.29. The van der Waals surface area contributed by atoms with Gasteiger partial charge in [0.15, 0.2) is 0 Å². The van der Waals surface area contributed by atoms with Gasteiger partial charge in [-0.15, -0.1) is 11.3 Å². The van der Waals surface area contributed by atoms with Crippen molar-refractivity contribution in [1.82, 2.24) is 4.98 Å². The standard InChI is InChI=1S/C12H9Cl2NO3S/c1-6-11(12(16)17)19-10(15-6)5-18-9-3-2-7(13)4-8(9)14/h2-4H,5H2,1H3,(H,16,17)/p-1. The maximum absolute atomic E-state index is 10.8. The number of aryl methyl sites for hydroxylation is 1. The molecule has 2 aromatic rings. The molecule has 4 nitrogen and oxygen atoms in total. The van der Waals surface area contributed by atoms with E-state index in [1.54, 1.807) is 25.1 Å². The fraction of sp³-hybridized carbons (Fsp3) is 0.167. The number of aromatic nitrogens is 1. The Bertz CT molecular complexity index is 627. The molecule has 0 unspecified atom stereocenters. The lowest BCUT2D eigenvalue weighted by atomic mass is 10.3. The molecule has 0 saturated carbocycles. The van der Waals surface area contributed by atoms with Crippen LogP contribution in [0.3, 0.4) is 0 Å². The average molecular weight is 317 g/mol. The monoisotopic (exact) mass is 316 g/mol. The first-order chi connectivity index (χ1) is 8.97. The van der Waals surface area contributed by atoms with E-state index in [1.165, 1.54) is 0 Å². The number of ether oxygens (including phenoxy) is 1. The van der Waals surface area contributed by atoms with Gasteiger partial charge in [-0.25, -0.2) is 4.98 Å². The number of hydrogen-bond donors (Lipinski definition) is 0. The van der Waals surface area contributed by atoms with Crippen molar-refractivity contribution in [2.45, 2.75) is 13.5 Å². The van der Waals surface area contributed by atoms with E-state index in [1.807, 2.05) is 0 Å². The van der Waals surface area contributed by atoms with Crippen molar-refractivity contribution in [3.05, 3.63) is 43.8 Å². The van der Waals surface area contributed by atoms with Crippen LogP contribution in [0.15, 0.2) is 18.2 Å². The molecule has 0 radical (unpaired) electrons. The molecule has 2 rings (SSSR count). The van der Waals surface area contributed by atoms with Crippen molar-refractivity contribution in [3.63, 3.8) is 0 Å². The number of hydrogen-bond acceptors (Lipinski definition) is 5. The molecule has 0 saturated heterocycles. The Labute approximate surface area is 123 Å². The summed E-state index contributed by atoms with van der Waals surface area (Å²) in [7, 11) is 0. The number of carboxylic acids is 1. The lowest BCUT2D eigenvalue weighted by Gasteiger charge is -2.06. The maximum atomic E-state index is 10.8. The van der Waals surface area contributed by atoms with Crippen LogP contribution in [0.1, 0.15) is 20.4 Å². The summed E-state index contributed by atoms with van der Waals surface area (Å²) in [5, 5.41) is 12.2. The Morgan fingerprint density at radius 1 is 1.47 bits per heavy atom. The summed E-state index contributed by atoms with van der Waals surface area (Å²) < 4.78 is 5.47. The van der Waals surface area contributed by atoms with E-state index in [4.69, 9.17) is 27.9 Å². The molecular formula is C12H8Cl2NO3S-. The van der Waals surface area contributed by atoms with E-state index in [-0.39, 0.29) is 11.5 Å². The van der Waals surface area contributed by atoms with Gasteiger partial charge in [-0.1, -0.05) is 23.2 Å². The van der Waals surface area contributed by atoms with Gasteiger partial charge in [-0.2, -0.15) is 0 Å². The van der Waals surface area contributed by atoms with Crippen molar-refractivity contribution < 1.29 is 14.6 Å². The Hall–Kier alpha value is -1.30. The van der Waals surface area contributed by atoms with Gasteiger partial charge in [0.2, 0.25) is 0 Å². The normalized spacial score (nSPS) is 10.5. The molecule has 1 aromatic heterocycles. The molecule has 0 atom stereocenters. The van der Waals surface area contributed by atoms with Crippen molar-refractivity contribution in [3.8, 4) is 5.75 Å². The van der Waals surface area contributed by atoms with Crippen LogP contribution in [-0.2, 0) is 6.61 Å². The van der Waals surface area contributed by atoms with Gasteiger partial charge in [0.05, 0.1) is 21.6 Å². The molecule has 0 aliphatic heterocycles. The maximum Gasteiger partial charge on any atom is 0.140 e. The van der Waals surface area contributed by atoms with Crippen LogP contribution in [0.5, 0.6) is 5.75 Å². The molecule has 0 N–H and O–H groups in total. The first-order valence-electron chi connectivity index (χ1n) is 5.23. The lowest BCUT2D eigenvalue weighted by molar-refractivity contribution is -0.254. The highest BCUT2D eigenvalue weighted by Crippen LogP contribution is 2.28. The van der Waals surface area contributed by atoms with Crippen LogP contribution >= 0.6 is 34.5 Å². The van der Waals surface area contributed by atoms with Gasteiger partial charge in [-0.05, 0) is 25.1 Å². The van der Waals surface area contributed by atoms with Gasteiger partial charge in [0.25, 0.3) is 0 Å². The topological polar surface area (TPSA) is 62.2 Å². The summed E-state index contributed by atoms with van der Waals surface area (Å²) in [5.74, 6) is -0.764. The summed E-state index contributed by atoms with van der Waals surface area (Å²) in [6, 6.07) is 4.87. The first-order valence-corrected chi connectivity index (χ1v) is 6.80. The molecule has 0 aliphatic rings. The van der Waals surface area contributed by atoms with Crippen LogP contribution in [0.25, 0.3) is 0 Å². The minimum absolute atomic E-state index is 0.112.